The molecule has 2 aromatic rings. The van der Waals surface area contributed by atoms with E-state index < -0.39 is 5.91 Å². The van der Waals surface area contributed by atoms with Gasteiger partial charge in [-0.05, 0) is 55.2 Å². The Hall–Kier alpha value is -3.26. The number of ether oxygens (including phenoxy) is 1. The topological polar surface area (TPSA) is 74.1 Å². The summed E-state index contributed by atoms with van der Waals surface area (Å²) in [5, 5.41) is 15.2. The summed E-state index contributed by atoms with van der Waals surface area (Å²) >= 11 is 0. The Morgan fingerprint density at radius 3 is 2.52 bits per heavy atom. The molecule has 1 amide bonds. The van der Waals surface area contributed by atoms with E-state index in [0.717, 1.165) is 23.4 Å². The fraction of sp³-hybridized carbons (Fsp3) is 0.273. The van der Waals surface area contributed by atoms with E-state index in [1.54, 1.807) is 24.3 Å². The molecule has 1 unspecified atom stereocenters. The number of hydrogen-bond donors (Lipinski definition) is 2. The number of amides is 1. The maximum atomic E-state index is 12.4. The highest BCUT2D eigenvalue weighted by atomic mass is 16.5. The smallest absolute Gasteiger partial charge is 0.267 e. The largest absolute Gasteiger partial charge is 0.494 e. The highest BCUT2D eigenvalue weighted by molar-refractivity contribution is 6.06. The Labute approximate surface area is 160 Å². The van der Waals surface area contributed by atoms with Crippen LogP contribution in [0.25, 0.3) is 0 Å². The number of nitrogens with one attached hydrogen (secondary N) is 2. The Kier molecular flexibility index (Phi) is 7.45. The second-order valence-corrected chi connectivity index (χ2v) is 6.12. The zero-order valence-electron chi connectivity index (χ0n) is 16.0. The average Bonchev–Trinajstić information content (AvgIpc) is 2.70. The maximum absolute atomic E-state index is 12.4. The maximum Gasteiger partial charge on any atom is 0.267 e. The number of anilines is 2. The van der Waals surface area contributed by atoms with Gasteiger partial charge in [0.25, 0.3) is 5.91 Å². The van der Waals surface area contributed by atoms with Gasteiger partial charge in [0.05, 0.1) is 6.61 Å². The van der Waals surface area contributed by atoms with Crippen LogP contribution < -0.4 is 15.4 Å². The molecule has 140 valence electrons. The van der Waals surface area contributed by atoms with Crippen LogP contribution in [0.2, 0.25) is 0 Å². The number of carbonyl (C=O) groups excluding carboxylic acids is 1. The van der Waals surface area contributed by atoms with Gasteiger partial charge in [-0.25, -0.2) is 0 Å². The number of nitrogens with zero attached hydrogens (tertiary/aromatic N) is 1. The van der Waals surface area contributed by atoms with Crippen molar-refractivity contribution in [3.8, 4) is 11.8 Å². The lowest BCUT2D eigenvalue weighted by Gasteiger charge is -2.14. The van der Waals surface area contributed by atoms with Crippen molar-refractivity contribution in [2.24, 2.45) is 0 Å². The SMILES string of the molecule is CCOc1ccc(NC(=O)/C(C#N)=C\Nc2ccccc2C(C)CC)cc1. The predicted molar refractivity (Wildman–Crippen MR) is 109 cm³/mol. The Bertz CT molecular complexity index is 835. The number of nitriles is 1. The molecule has 0 aliphatic heterocycles. The molecule has 2 N–H and O–H groups in total. The summed E-state index contributed by atoms with van der Waals surface area (Å²) < 4.78 is 5.38. The molecule has 0 radical (unpaired) electrons. The van der Waals surface area contributed by atoms with Crippen LogP contribution in [0.3, 0.4) is 0 Å². The number of hydrogen-bond acceptors (Lipinski definition) is 4. The minimum absolute atomic E-state index is 0.00263. The fourth-order valence-corrected chi connectivity index (χ4v) is 2.58. The van der Waals surface area contributed by atoms with E-state index in [1.165, 1.54) is 6.20 Å². The molecule has 0 saturated carbocycles. The molecule has 0 bridgehead atoms. The molecule has 0 saturated heterocycles. The lowest BCUT2D eigenvalue weighted by molar-refractivity contribution is -0.112. The third-order valence-electron chi connectivity index (χ3n) is 4.26. The standard InChI is InChI=1S/C22H25N3O2/c1-4-16(3)20-8-6-7-9-21(20)24-15-17(14-23)22(26)25-18-10-12-19(13-11-18)27-5-2/h6-13,15-16,24H,4-5H2,1-3H3,(H,25,26)/b17-15-. The van der Waals surface area contributed by atoms with Crippen molar-refractivity contribution in [1.29, 1.82) is 5.26 Å². The summed E-state index contributed by atoms with van der Waals surface area (Å²) in [5.41, 5.74) is 2.65. The first-order valence-corrected chi connectivity index (χ1v) is 9.09. The van der Waals surface area contributed by atoms with Crippen LogP contribution in [0.4, 0.5) is 11.4 Å². The summed E-state index contributed by atoms with van der Waals surface area (Å²) in [6.45, 7) is 6.76. The van der Waals surface area contributed by atoms with Gasteiger partial charge in [0.15, 0.2) is 0 Å². The highest BCUT2D eigenvalue weighted by Gasteiger charge is 2.11. The van der Waals surface area contributed by atoms with Gasteiger partial charge in [0.2, 0.25) is 0 Å². The molecule has 1 atom stereocenters. The molecule has 0 heterocycles. The molecular weight excluding hydrogens is 338 g/mol. The molecule has 5 nitrogen and oxygen atoms in total. The predicted octanol–water partition coefficient (Wildman–Crippen LogP) is 5.06. The Morgan fingerprint density at radius 1 is 1.19 bits per heavy atom. The summed E-state index contributed by atoms with van der Waals surface area (Å²) in [4.78, 5) is 12.4. The number of para-hydroxylation sites is 1. The van der Waals surface area contributed by atoms with Gasteiger partial charge in [-0.15, -0.1) is 0 Å². The lowest BCUT2D eigenvalue weighted by atomic mass is 9.97. The average molecular weight is 363 g/mol. The van der Waals surface area contributed by atoms with Crippen molar-refractivity contribution in [1.82, 2.24) is 0 Å². The molecule has 0 aliphatic rings. The van der Waals surface area contributed by atoms with Gasteiger partial charge >= 0.3 is 0 Å². The molecule has 0 fully saturated rings. The fourth-order valence-electron chi connectivity index (χ4n) is 2.58. The van der Waals surface area contributed by atoms with Crippen LogP contribution in [0.5, 0.6) is 5.75 Å². The van der Waals surface area contributed by atoms with Crippen LogP contribution >= 0.6 is 0 Å². The lowest BCUT2D eigenvalue weighted by Crippen LogP contribution is -2.14. The summed E-state index contributed by atoms with van der Waals surface area (Å²) in [7, 11) is 0. The van der Waals surface area contributed by atoms with Gasteiger partial charge < -0.3 is 15.4 Å². The Balaban J connectivity index is 2.10. The molecule has 0 aliphatic carbocycles. The van der Waals surface area contributed by atoms with E-state index in [-0.39, 0.29) is 5.57 Å². The van der Waals surface area contributed by atoms with E-state index >= 15 is 0 Å². The van der Waals surface area contributed by atoms with Gasteiger partial charge in [0, 0.05) is 17.6 Å². The molecular formula is C22H25N3O2. The first-order valence-electron chi connectivity index (χ1n) is 9.09. The zero-order valence-corrected chi connectivity index (χ0v) is 16.0. The second kappa shape index (κ2) is 10.0. The van der Waals surface area contributed by atoms with Crippen molar-refractivity contribution in [2.75, 3.05) is 17.2 Å². The Morgan fingerprint density at radius 2 is 1.89 bits per heavy atom. The molecule has 5 heteroatoms. The van der Waals surface area contributed by atoms with Crippen molar-refractivity contribution in [3.63, 3.8) is 0 Å². The molecule has 27 heavy (non-hydrogen) atoms. The van der Waals surface area contributed by atoms with Gasteiger partial charge in [-0.1, -0.05) is 32.0 Å². The van der Waals surface area contributed by atoms with E-state index in [2.05, 4.69) is 30.5 Å². The number of rotatable bonds is 8. The van der Waals surface area contributed by atoms with Gasteiger partial charge in [0.1, 0.15) is 17.4 Å². The quantitative estimate of drug-likeness (QED) is 0.508. The normalized spacial score (nSPS) is 12.0. The molecule has 0 spiro atoms. The van der Waals surface area contributed by atoms with E-state index in [4.69, 9.17) is 4.74 Å². The first-order chi connectivity index (χ1) is 13.1. The first kappa shape index (κ1) is 20.1. The highest BCUT2D eigenvalue weighted by Crippen LogP contribution is 2.26. The van der Waals surface area contributed by atoms with Crippen LogP contribution in [-0.4, -0.2) is 12.5 Å². The minimum atomic E-state index is -0.463. The molecule has 2 rings (SSSR count). The third-order valence-corrected chi connectivity index (χ3v) is 4.26. The van der Waals surface area contributed by atoms with E-state index in [1.807, 2.05) is 31.2 Å². The van der Waals surface area contributed by atoms with Gasteiger partial charge in [-0.2, -0.15) is 5.26 Å². The summed E-state index contributed by atoms with van der Waals surface area (Å²) in [6, 6.07) is 16.9. The van der Waals surface area contributed by atoms with Crippen molar-refractivity contribution >= 4 is 17.3 Å². The van der Waals surface area contributed by atoms with Crippen LogP contribution in [0.1, 0.15) is 38.7 Å². The van der Waals surface area contributed by atoms with Crippen LogP contribution in [0.15, 0.2) is 60.3 Å². The number of benzene rings is 2. The van der Waals surface area contributed by atoms with Crippen LogP contribution in [0, 0.1) is 11.3 Å². The van der Waals surface area contributed by atoms with E-state index in [9.17, 15) is 10.1 Å². The van der Waals surface area contributed by atoms with Crippen molar-refractivity contribution in [3.05, 3.63) is 65.9 Å². The summed E-state index contributed by atoms with van der Waals surface area (Å²) in [6.07, 6.45) is 2.46. The van der Waals surface area contributed by atoms with Gasteiger partial charge in [-0.3, -0.25) is 4.79 Å². The van der Waals surface area contributed by atoms with Crippen molar-refractivity contribution in [2.45, 2.75) is 33.1 Å². The zero-order chi connectivity index (χ0) is 19.6. The third kappa shape index (κ3) is 5.61. The molecule has 2 aromatic carbocycles. The summed E-state index contributed by atoms with van der Waals surface area (Å²) in [5.74, 6) is 0.648. The minimum Gasteiger partial charge on any atom is -0.494 e. The van der Waals surface area contributed by atoms with E-state index in [0.29, 0.717) is 18.2 Å². The van der Waals surface area contributed by atoms with Crippen molar-refractivity contribution < 1.29 is 9.53 Å². The number of carbonyl (C=O) groups is 1. The second-order valence-electron chi connectivity index (χ2n) is 6.12. The monoisotopic (exact) mass is 363 g/mol. The molecule has 0 aromatic heterocycles. The van der Waals surface area contributed by atoms with Crippen LogP contribution in [-0.2, 0) is 4.79 Å².